The fraction of sp³-hybridized carbons (Fsp3) is 0.452. The maximum absolute atomic E-state index is 13.3. The number of likely N-dealkylation sites (tertiary alicyclic amines) is 1. The third-order valence-electron chi connectivity index (χ3n) is 8.14. The molecule has 1 atom stereocenters. The Morgan fingerprint density at radius 3 is 1.86 bits per heavy atom. The van der Waals surface area contributed by atoms with E-state index >= 15 is 0 Å². The number of rotatable bonds is 5. The number of aromatic nitrogens is 2. The van der Waals surface area contributed by atoms with Gasteiger partial charge in [0, 0.05) is 44.8 Å². The zero-order chi connectivity index (χ0) is 25.9. The van der Waals surface area contributed by atoms with Gasteiger partial charge in [0.15, 0.2) is 0 Å². The van der Waals surface area contributed by atoms with Crippen molar-refractivity contribution in [3.8, 4) is 0 Å². The van der Waals surface area contributed by atoms with Gasteiger partial charge in [-0.05, 0) is 51.7 Å². The molecule has 0 saturated carbocycles. The Kier molecular flexibility index (Phi) is 7.68. The molecule has 0 radical (unpaired) electrons. The summed E-state index contributed by atoms with van der Waals surface area (Å²) in [4.78, 5) is 29.5. The molecule has 2 aliphatic rings. The second-order valence-electron chi connectivity index (χ2n) is 10.6. The lowest BCUT2D eigenvalue weighted by molar-refractivity contribution is 0.0172. The third kappa shape index (κ3) is 5.46. The molecule has 194 valence electrons. The quantitative estimate of drug-likeness (QED) is 0.507. The molecule has 3 heterocycles. The maximum atomic E-state index is 13.3. The first-order valence-electron chi connectivity index (χ1n) is 13.6. The lowest BCUT2D eigenvalue weighted by atomic mass is 9.94. The molecule has 5 rings (SSSR count). The Morgan fingerprint density at radius 2 is 1.35 bits per heavy atom. The Hall–Kier alpha value is -3.09. The van der Waals surface area contributed by atoms with Crippen molar-refractivity contribution in [3.05, 3.63) is 94.6 Å². The van der Waals surface area contributed by atoms with Gasteiger partial charge < -0.3 is 4.90 Å². The first-order chi connectivity index (χ1) is 17.9. The van der Waals surface area contributed by atoms with Crippen LogP contribution in [0.15, 0.2) is 60.7 Å². The first kappa shape index (κ1) is 25.6. The lowest BCUT2D eigenvalue weighted by Gasteiger charge is -2.48. The number of amides is 1. The topological polar surface area (TPSA) is 52.6 Å². The molecule has 2 aliphatic heterocycles. The van der Waals surface area contributed by atoms with Crippen LogP contribution in [-0.2, 0) is 0 Å². The second-order valence-corrected chi connectivity index (χ2v) is 10.6. The number of piperazine rings is 1. The highest BCUT2D eigenvalue weighted by atomic mass is 16.2. The molecular formula is C31H39N5O. The van der Waals surface area contributed by atoms with Gasteiger partial charge in [0.2, 0.25) is 0 Å². The predicted molar refractivity (Wildman–Crippen MR) is 148 cm³/mol. The van der Waals surface area contributed by atoms with Crippen molar-refractivity contribution in [1.82, 2.24) is 24.7 Å². The smallest absolute Gasteiger partial charge is 0.257 e. The van der Waals surface area contributed by atoms with Gasteiger partial charge in [0.1, 0.15) is 5.82 Å². The monoisotopic (exact) mass is 497 g/mol. The Bertz CT molecular complexity index is 1140. The minimum absolute atomic E-state index is 0.0835. The van der Waals surface area contributed by atoms with Crippen LogP contribution in [0.2, 0.25) is 0 Å². The van der Waals surface area contributed by atoms with Crippen LogP contribution in [0.1, 0.15) is 64.5 Å². The zero-order valence-electron chi connectivity index (χ0n) is 22.6. The molecule has 2 aromatic carbocycles. The van der Waals surface area contributed by atoms with E-state index in [-0.39, 0.29) is 11.9 Å². The van der Waals surface area contributed by atoms with Gasteiger partial charge in [0.25, 0.3) is 5.91 Å². The minimum atomic E-state index is 0.0835. The summed E-state index contributed by atoms with van der Waals surface area (Å²) in [5.41, 5.74) is 4.96. The summed E-state index contributed by atoms with van der Waals surface area (Å²) >= 11 is 0. The van der Waals surface area contributed by atoms with E-state index in [0.717, 1.165) is 62.8 Å². The number of nitrogens with zero attached hydrogens (tertiary/aromatic N) is 5. The average Bonchev–Trinajstić information content (AvgIpc) is 2.90. The van der Waals surface area contributed by atoms with Crippen molar-refractivity contribution >= 4 is 5.91 Å². The van der Waals surface area contributed by atoms with Crippen LogP contribution >= 0.6 is 0 Å². The summed E-state index contributed by atoms with van der Waals surface area (Å²) in [5, 5.41) is 0. The van der Waals surface area contributed by atoms with Crippen LogP contribution in [0, 0.1) is 20.8 Å². The fourth-order valence-corrected chi connectivity index (χ4v) is 6.35. The van der Waals surface area contributed by atoms with E-state index in [1.54, 1.807) is 0 Å². The molecule has 6 nitrogen and oxygen atoms in total. The number of carbonyl (C=O) groups is 1. The summed E-state index contributed by atoms with van der Waals surface area (Å²) in [6, 6.07) is 23.0. The summed E-state index contributed by atoms with van der Waals surface area (Å²) in [7, 11) is 0. The Morgan fingerprint density at radius 1 is 0.811 bits per heavy atom. The van der Waals surface area contributed by atoms with Crippen molar-refractivity contribution in [3.63, 3.8) is 0 Å². The van der Waals surface area contributed by atoms with Crippen molar-refractivity contribution in [2.24, 2.45) is 0 Å². The van der Waals surface area contributed by atoms with E-state index in [1.807, 2.05) is 25.7 Å². The van der Waals surface area contributed by atoms with Crippen LogP contribution in [0.25, 0.3) is 0 Å². The van der Waals surface area contributed by atoms with Gasteiger partial charge in [-0.1, -0.05) is 60.7 Å². The van der Waals surface area contributed by atoms with Crippen molar-refractivity contribution in [2.45, 2.75) is 58.7 Å². The van der Waals surface area contributed by atoms with E-state index in [9.17, 15) is 4.79 Å². The predicted octanol–water partition coefficient (Wildman–Crippen LogP) is 4.80. The molecule has 37 heavy (non-hydrogen) atoms. The Balaban J connectivity index is 1.23. The van der Waals surface area contributed by atoms with E-state index < -0.39 is 0 Å². The Labute approximate surface area is 221 Å². The molecule has 0 spiro atoms. The van der Waals surface area contributed by atoms with E-state index in [2.05, 4.69) is 87.4 Å². The van der Waals surface area contributed by atoms with Gasteiger partial charge in [-0.15, -0.1) is 0 Å². The summed E-state index contributed by atoms with van der Waals surface area (Å²) < 4.78 is 0. The summed E-state index contributed by atoms with van der Waals surface area (Å²) in [5.74, 6) is 0.806. The third-order valence-corrected chi connectivity index (χ3v) is 8.14. The number of aryl methyl sites for hydroxylation is 3. The largest absolute Gasteiger partial charge is 0.338 e. The van der Waals surface area contributed by atoms with E-state index in [1.165, 1.54) is 11.1 Å². The molecule has 0 aliphatic carbocycles. The van der Waals surface area contributed by atoms with Crippen molar-refractivity contribution in [2.75, 3.05) is 32.7 Å². The number of hydrogen-bond donors (Lipinski definition) is 0. The number of benzene rings is 2. The zero-order valence-corrected chi connectivity index (χ0v) is 22.6. The number of piperidine rings is 1. The van der Waals surface area contributed by atoms with Crippen LogP contribution < -0.4 is 0 Å². The fourth-order valence-electron chi connectivity index (χ4n) is 6.35. The molecule has 0 N–H and O–H groups in total. The molecule has 3 aromatic rings. The lowest BCUT2D eigenvalue weighted by Crippen LogP contribution is -2.57. The van der Waals surface area contributed by atoms with Crippen LogP contribution in [-0.4, -0.2) is 75.4 Å². The average molecular weight is 498 g/mol. The van der Waals surface area contributed by atoms with E-state index in [0.29, 0.717) is 17.6 Å². The minimum Gasteiger partial charge on any atom is -0.338 e. The molecule has 2 saturated heterocycles. The van der Waals surface area contributed by atoms with Crippen molar-refractivity contribution in [1.29, 1.82) is 0 Å². The van der Waals surface area contributed by atoms with Crippen molar-refractivity contribution < 1.29 is 4.79 Å². The highest BCUT2D eigenvalue weighted by Crippen LogP contribution is 2.33. The van der Waals surface area contributed by atoms with Crippen LogP contribution in [0.5, 0.6) is 0 Å². The summed E-state index contributed by atoms with van der Waals surface area (Å²) in [6.45, 7) is 12.8. The summed E-state index contributed by atoms with van der Waals surface area (Å²) in [6.07, 6.45) is 2.04. The SMILES string of the molecule is Cc1nc(C)c(C(=O)N2CCC(N3CCN(C(c4ccccc4)c4ccccc4)C(C)C3)CC2)c(C)n1. The van der Waals surface area contributed by atoms with E-state index in [4.69, 9.17) is 0 Å². The van der Waals surface area contributed by atoms with Gasteiger partial charge in [-0.2, -0.15) is 0 Å². The van der Waals surface area contributed by atoms with Gasteiger partial charge in [-0.3, -0.25) is 14.6 Å². The molecule has 1 aromatic heterocycles. The number of carbonyl (C=O) groups excluding carboxylic acids is 1. The van der Waals surface area contributed by atoms with Gasteiger partial charge >= 0.3 is 0 Å². The van der Waals surface area contributed by atoms with Gasteiger partial charge in [-0.25, -0.2) is 9.97 Å². The number of hydrogen-bond acceptors (Lipinski definition) is 5. The maximum Gasteiger partial charge on any atom is 0.257 e. The highest BCUT2D eigenvalue weighted by Gasteiger charge is 2.35. The standard InChI is InChI=1S/C31H39N5O/c1-22-21-35(19-20-36(22)30(26-11-7-5-8-12-26)27-13-9-6-10-14-27)28-15-17-34(18-16-28)31(37)29-23(2)32-25(4)33-24(29)3/h5-14,22,28,30H,15-21H2,1-4H3. The molecule has 0 bridgehead atoms. The molecular weight excluding hydrogens is 458 g/mol. The van der Waals surface area contributed by atoms with Crippen LogP contribution in [0.3, 0.4) is 0 Å². The molecule has 2 fully saturated rings. The van der Waals surface area contributed by atoms with Crippen LogP contribution in [0.4, 0.5) is 0 Å². The molecule has 1 unspecified atom stereocenters. The molecule has 1 amide bonds. The second kappa shape index (κ2) is 11.1. The first-order valence-corrected chi connectivity index (χ1v) is 13.6. The normalized spacial score (nSPS) is 19.9. The molecule has 6 heteroatoms. The highest BCUT2D eigenvalue weighted by molar-refractivity contribution is 5.96. The van der Waals surface area contributed by atoms with Gasteiger partial charge in [0.05, 0.1) is 23.0 Å².